The summed E-state index contributed by atoms with van der Waals surface area (Å²) >= 11 is 7.23. The van der Waals surface area contributed by atoms with Crippen molar-refractivity contribution in [2.24, 2.45) is 0 Å². The van der Waals surface area contributed by atoms with E-state index in [0.29, 0.717) is 13.2 Å². The van der Waals surface area contributed by atoms with E-state index >= 15 is 0 Å². The first-order chi connectivity index (χ1) is 11.2. The van der Waals surface area contributed by atoms with Crippen LogP contribution in [0.25, 0.3) is 0 Å². The third kappa shape index (κ3) is 3.14. The summed E-state index contributed by atoms with van der Waals surface area (Å²) in [7, 11) is 0. The lowest BCUT2D eigenvalue weighted by Crippen LogP contribution is -2.26. The number of hydrogen-bond acceptors (Lipinski definition) is 3. The third-order valence-corrected chi connectivity index (χ3v) is 5.42. The predicted molar refractivity (Wildman–Crippen MR) is 95.3 cm³/mol. The minimum absolute atomic E-state index is 0.0408. The lowest BCUT2D eigenvalue weighted by atomic mass is 10.0. The van der Waals surface area contributed by atoms with E-state index in [-0.39, 0.29) is 12.2 Å². The van der Waals surface area contributed by atoms with Crippen molar-refractivity contribution >= 4 is 31.9 Å². The second kappa shape index (κ2) is 6.46. The molecular weight excluding hydrogens is 424 g/mol. The Labute approximate surface area is 152 Å². The highest BCUT2D eigenvalue weighted by Gasteiger charge is 2.27. The fourth-order valence-corrected chi connectivity index (χ4v) is 4.12. The van der Waals surface area contributed by atoms with Gasteiger partial charge in [0.2, 0.25) is 0 Å². The van der Waals surface area contributed by atoms with Gasteiger partial charge in [0.25, 0.3) is 0 Å². The highest BCUT2D eigenvalue weighted by atomic mass is 79.9. The van der Waals surface area contributed by atoms with Gasteiger partial charge in [-0.15, -0.1) is 0 Å². The maximum absolute atomic E-state index is 6.32. The molecule has 2 unspecified atom stereocenters. The fraction of sp³-hybridized carbons (Fsp3) is 0.333. The molecule has 0 saturated heterocycles. The number of para-hydroxylation sites is 2. The molecule has 0 saturated carbocycles. The van der Waals surface area contributed by atoms with Crippen LogP contribution in [-0.4, -0.2) is 25.4 Å². The number of ether oxygens (including phenoxy) is 3. The molecule has 23 heavy (non-hydrogen) atoms. The second-order valence-corrected chi connectivity index (χ2v) is 7.59. The van der Waals surface area contributed by atoms with Gasteiger partial charge in [0, 0.05) is 12.8 Å². The molecule has 0 spiro atoms. The molecule has 2 aliphatic rings. The number of rotatable bonds is 0. The van der Waals surface area contributed by atoms with E-state index in [1.54, 1.807) is 0 Å². The summed E-state index contributed by atoms with van der Waals surface area (Å²) in [6, 6.07) is 12.3. The van der Waals surface area contributed by atoms with Gasteiger partial charge in [-0.25, -0.2) is 0 Å². The number of hydrogen-bond donors (Lipinski definition) is 0. The summed E-state index contributed by atoms with van der Waals surface area (Å²) in [5.41, 5.74) is 2.30. The first-order valence-corrected chi connectivity index (χ1v) is 9.25. The zero-order chi connectivity index (χ0) is 15.8. The molecule has 0 N–H and O–H groups in total. The van der Waals surface area contributed by atoms with Crippen molar-refractivity contribution in [3.8, 4) is 11.5 Å². The van der Waals surface area contributed by atoms with E-state index < -0.39 is 0 Å². The van der Waals surface area contributed by atoms with Gasteiger partial charge in [-0.1, -0.05) is 24.3 Å². The summed E-state index contributed by atoms with van der Waals surface area (Å²) in [4.78, 5) is 0. The number of fused-ring (bicyclic) bond motifs is 6. The molecule has 0 aromatic heterocycles. The molecule has 120 valence electrons. The summed E-state index contributed by atoms with van der Waals surface area (Å²) in [6.45, 7) is 1.12. The fourth-order valence-electron chi connectivity index (χ4n) is 3.12. The van der Waals surface area contributed by atoms with Crippen molar-refractivity contribution in [1.29, 1.82) is 0 Å². The molecule has 0 radical (unpaired) electrons. The Morgan fingerprint density at radius 3 is 1.70 bits per heavy atom. The molecule has 2 bridgehead atoms. The lowest BCUT2D eigenvalue weighted by molar-refractivity contribution is 0.0203. The molecular formula is C18H16Br2O3. The smallest absolute Gasteiger partial charge is 0.137 e. The van der Waals surface area contributed by atoms with Crippen molar-refractivity contribution in [3.63, 3.8) is 0 Å². The highest BCUT2D eigenvalue weighted by molar-refractivity contribution is 9.10. The number of halogens is 2. The normalized spacial score (nSPS) is 23.0. The Kier molecular flexibility index (Phi) is 4.35. The molecule has 0 fully saturated rings. The van der Waals surface area contributed by atoms with Crippen LogP contribution in [0.3, 0.4) is 0 Å². The SMILES string of the molecule is Brc1cccc2c1OC1COCC(C2)Oc2c(Br)cccc2C1. The Morgan fingerprint density at radius 1 is 0.739 bits per heavy atom. The Bertz CT molecular complexity index is 671. The zero-order valence-corrected chi connectivity index (χ0v) is 15.6. The topological polar surface area (TPSA) is 27.7 Å². The zero-order valence-electron chi connectivity index (χ0n) is 12.4. The van der Waals surface area contributed by atoms with Crippen LogP contribution >= 0.6 is 31.9 Å². The summed E-state index contributed by atoms with van der Waals surface area (Å²) in [5, 5.41) is 0. The maximum atomic E-state index is 6.32. The van der Waals surface area contributed by atoms with Crippen LogP contribution < -0.4 is 9.47 Å². The number of benzene rings is 2. The molecule has 3 nitrogen and oxygen atoms in total. The molecule has 2 aromatic rings. The third-order valence-electron chi connectivity index (χ3n) is 4.17. The van der Waals surface area contributed by atoms with Gasteiger partial charge >= 0.3 is 0 Å². The van der Waals surface area contributed by atoms with E-state index in [1.807, 2.05) is 24.3 Å². The monoisotopic (exact) mass is 438 g/mol. The predicted octanol–water partition coefficient (Wildman–Crippen LogP) is 4.54. The van der Waals surface area contributed by atoms with Crippen LogP contribution in [0, 0.1) is 0 Å². The Balaban J connectivity index is 1.82. The van der Waals surface area contributed by atoms with Gasteiger partial charge in [-0.3, -0.25) is 0 Å². The lowest BCUT2D eigenvalue weighted by Gasteiger charge is -2.24. The first kappa shape index (κ1) is 15.5. The van der Waals surface area contributed by atoms with Crippen molar-refractivity contribution in [1.82, 2.24) is 0 Å². The largest absolute Gasteiger partial charge is 0.486 e. The molecule has 2 atom stereocenters. The maximum Gasteiger partial charge on any atom is 0.137 e. The van der Waals surface area contributed by atoms with Crippen LogP contribution in [0.1, 0.15) is 11.1 Å². The second-order valence-electron chi connectivity index (χ2n) is 5.88. The molecule has 2 aromatic carbocycles. The minimum atomic E-state index is -0.0408. The first-order valence-electron chi connectivity index (χ1n) is 7.66. The minimum Gasteiger partial charge on any atom is -0.486 e. The van der Waals surface area contributed by atoms with E-state index in [9.17, 15) is 0 Å². The summed E-state index contributed by atoms with van der Waals surface area (Å²) < 4.78 is 20.5. The molecule has 4 rings (SSSR count). The van der Waals surface area contributed by atoms with Gasteiger partial charge in [-0.2, -0.15) is 0 Å². The van der Waals surface area contributed by atoms with E-state index in [1.165, 1.54) is 0 Å². The van der Waals surface area contributed by atoms with Crippen LogP contribution in [0.15, 0.2) is 45.3 Å². The van der Waals surface area contributed by atoms with Crippen molar-refractivity contribution < 1.29 is 14.2 Å². The van der Waals surface area contributed by atoms with Gasteiger partial charge < -0.3 is 14.2 Å². The van der Waals surface area contributed by atoms with Crippen molar-refractivity contribution in [3.05, 3.63) is 56.5 Å². The molecule has 2 aliphatic heterocycles. The van der Waals surface area contributed by atoms with E-state index in [0.717, 1.165) is 44.4 Å². The van der Waals surface area contributed by atoms with E-state index in [2.05, 4.69) is 44.0 Å². The Hall–Kier alpha value is -1.04. The van der Waals surface area contributed by atoms with Crippen molar-refractivity contribution in [2.45, 2.75) is 25.0 Å². The van der Waals surface area contributed by atoms with Gasteiger partial charge in [-0.05, 0) is 55.1 Å². The van der Waals surface area contributed by atoms with Crippen LogP contribution in [-0.2, 0) is 17.6 Å². The summed E-state index contributed by atoms with van der Waals surface area (Å²) in [6.07, 6.45) is 1.42. The molecule has 5 heteroatoms. The highest BCUT2D eigenvalue weighted by Crippen LogP contribution is 2.37. The van der Waals surface area contributed by atoms with Crippen LogP contribution in [0.4, 0.5) is 0 Å². The average Bonchev–Trinajstić information content (AvgIpc) is 2.66. The quantitative estimate of drug-likeness (QED) is 0.603. The molecule has 2 heterocycles. The molecule has 0 amide bonds. The van der Waals surface area contributed by atoms with E-state index in [4.69, 9.17) is 14.2 Å². The van der Waals surface area contributed by atoms with Crippen LogP contribution in [0.2, 0.25) is 0 Å². The Morgan fingerprint density at radius 2 is 1.22 bits per heavy atom. The summed E-state index contributed by atoms with van der Waals surface area (Å²) in [5.74, 6) is 1.82. The standard InChI is InChI=1S/C18H16Br2O3/c19-15-5-1-3-11-7-13-9-21-10-14(22-17(11)15)8-12-4-2-6-16(20)18(12)23-13/h1-6,13-14H,7-10H2. The van der Waals surface area contributed by atoms with Crippen molar-refractivity contribution in [2.75, 3.05) is 13.2 Å². The van der Waals surface area contributed by atoms with Gasteiger partial charge in [0.15, 0.2) is 0 Å². The average molecular weight is 440 g/mol. The molecule has 0 aliphatic carbocycles. The van der Waals surface area contributed by atoms with Gasteiger partial charge in [0.1, 0.15) is 23.7 Å². The van der Waals surface area contributed by atoms with Crippen LogP contribution in [0.5, 0.6) is 11.5 Å². The van der Waals surface area contributed by atoms with Gasteiger partial charge in [0.05, 0.1) is 22.2 Å².